The van der Waals surface area contributed by atoms with Crippen molar-refractivity contribution < 1.29 is 9.18 Å². The molecule has 1 atom stereocenters. The predicted octanol–water partition coefficient (Wildman–Crippen LogP) is 1.91. The summed E-state index contributed by atoms with van der Waals surface area (Å²) in [7, 11) is 0. The van der Waals surface area contributed by atoms with E-state index >= 15 is 0 Å². The van der Waals surface area contributed by atoms with Crippen LogP contribution in [0, 0.1) is 5.82 Å². The van der Waals surface area contributed by atoms with Crippen LogP contribution in [-0.2, 0) is 11.3 Å². The van der Waals surface area contributed by atoms with E-state index in [0.29, 0.717) is 6.54 Å². The second-order valence-electron chi connectivity index (χ2n) is 4.48. The molecule has 1 aromatic carbocycles. The average Bonchev–Trinajstić information content (AvgIpc) is 2.24. The number of amides is 1. The normalized spacial score (nSPS) is 12.6. The van der Waals surface area contributed by atoms with Crippen LogP contribution in [-0.4, -0.2) is 22.9 Å². The first-order valence-corrected chi connectivity index (χ1v) is 5.72. The van der Waals surface area contributed by atoms with Crippen LogP contribution >= 0.6 is 0 Å². The van der Waals surface area contributed by atoms with Crippen molar-refractivity contribution in [3.05, 3.63) is 35.6 Å². The van der Waals surface area contributed by atoms with Crippen molar-refractivity contribution in [2.24, 2.45) is 5.73 Å². The van der Waals surface area contributed by atoms with Gasteiger partial charge in [-0.05, 0) is 38.5 Å². The maximum Gasteiger partial charge on any atom is 0.239 e. The first-order chi connectivity index (χ1) is 7.91. The molecule has 0 aliphatic carbocycles. The van der Waals surface area contributed by atoms with Crippen molar-refractivity contribution in [2.75, 3.05) is 0 Å². The van der Waals surface area contributed by atoms with E-state index in [9.17, 15) is 9.18 Å². The van der Waals surface area contributed by atoms with Crippen LogP contribution in [0.2, 0.25) is 0 Å². The number of hydrogen-bond acceptors (Lipinski definition) is 2. The van der Waals surface area contributed by atoms with Gasteiger partial charge in [0.2, 0.25) is 5.91 Å². The lowest BCUT2D eigenvalue weighted by Gasteiger charge is -2.28. The molecule has 94 valence electrons. The highest BCUT2D eigenvalue weighted by atomic mass is 19.1. The van der Waals surface area contributed by atoms with Crippen molar-refractivity contribution in [2.45, 2.75) is 39.4 Å². The number of benzene rings is 1. The second kappa shape index (κ2) is 5.77. The molecule has 0 bridgehead atoms. The lowest BCUT2D eigenvalue weighted by atomic mass is 10.1. The Morgan fingerprint density at radius 3 is 2.53 bits per heavy atom. The fourth-order valence-electron chi connectivity index (χ4n) is 1.61. The van der Waals surface area contributed by atoms with E-state index in [1.54, 1.807) is 24.0 Å². The highest BCUT2D eigenvalue weighted by Gasteiger charge is 2.20. The first-order valence-electron chi connectivity index (χ1n) is 5.72. The minimum absolute atomic E-state index is 0.0387. The Kier molecular flexibility index (Phi) is 4.63. The molecule has 0 aromatic heterocycles. The zero-order valence-electron chi connectivity index (χ0n) is 10.5. The van der Waals surface area contributed by atoms with E-state index in [-0.39, 0.29) is 17.8 Å². The average molecular weight is 238 g/mol. The molecule has 0 spiro atoms. The third-order valence-electron chi connectivity index (χ3n) is 2.54. The van der Waals surface area contributed by atoms with Crippen molar-refractivity contribution in [1.29, 1.82) is 0 Å². The van der Waals surface area contributed by atoms with E-state index in [4.69, 9.17) is 5.73 Å². The Morgan fingerprint density at radius 1 is 1.41 bits per heavy atom. The maximum atomic E-state index is 13.1. The third-order valence-corrected chi connectivity index (χ3v) is 2.54. The molecule has 0 saturated carbocycles. The Morgan fingerprint density at radius 2 is 2.06 bits per heavy atom. The van der Waals surface area contributed by atoms with Gasteiger partial charge in [-0.15, -0.1) is 0 Å². The van der Waals surface area contributed by atoms with Crippen molar-refractivity contribution in [3.63, 3.8) is 0 Å². The molecule has 2 N–H and O–H groups in total. The van der Waals surface area contributed by atoms with E-state index in [0.717, 1.165) is 5.56 Å². The number of halogens is 1. The minimum atomic E-state index is -0.536. The summed E-state index contributed by atoms with van der Waals surface area (Å²) in [5.41, 5.74) is 6.36. The Labute approximate surface area is 101 Å². The fraction of sp³-hybridized carbons (Fsp3) is 0.462. The van der Waals surface area contributed by atoms with Crippen LogP contribution in [0.5, 0.6) is 0 Å². The van der Waals surface area contributed by atoms with Gasteiger partial charge in [-0.25, -0.2) is 4.39 Å². The van der Waals surface area contributed by atoms with Gasteiger partial charge in [-0.3, -0.25) is 4.79 Å². The standard InChI is InChI=1S/C13H19FN2O/c1-9(2)16(13(17)10(3)15)8-11-5-4-6-12(14)7-11/h4-7,9-10H,8,15H2,1-3H3/t10-/m0/s1. The Hall–Kier alpha value is -1.42. The van der Waals surface area contributed by atoms with Gasteiger partial charge in [0.25, 0.3) is 0 Å². The van der Waals surface area contributed by atoms with Gasteiger partial charge in [0.15, 0.2) is 0 Å². The summed E-state index contributed by atoms with van der Waals surface area (Å²) in [6.45, 7) is 5.87. The van der Waals surface area contributed by atoms with Crippen LogP contribution in [0.3, 0.4) is 0 Å². The molecule has 4 heteroatoms. The van der Waals surface area contributed by atoms with Gasteiger partial charge in [-0.2, -0.15) is 0 Å². The molecule has 3 nitrogen and oxygen atoms in total. The lowest BCUT2D eigenvalue weighted by molar-refractivity contribution is -0.134. The molecule has 0 heterocycles. The Balaban J connectivity index is 2.84. The molecule has 0 unspecified atom stereocenters. The summed E-state index contributed by atoms with van der Waals surface area (Å²) in [6.07, 6.45) is 0. The van der Waals surface area contributed by atoms with E-state index in [1.165, 1.54) is 12.1 Å². The van der Waals surface area contributed by atoms with Gasteiger partial charge in [0.05, 0.1) is 6.04 Å². The van der Waals surface area contributed by atoms with Gasteiger partial charge >= 0.3 is 0 Å². The van der Waals surface area contributed by atoms with E-state index in [2.05, 4.69) is 0 Å². The number of carbonyl (C=O) groups excluding carboxylic acids is 1. The summed E-state index contributed by atoms with van der Waals surface area (Å²) in [6, 6.07) is 5.76. The SMILES string of the molecule is CC(C)N(Cc1cccc(F)c1)C(=O)[C@H](C)N. The largest absolute Gasteiger partial charge is 0.335 e. The van der Waals surface area contributed by atoms with Crippen LogP contribution < -0.4 is 5.73 Å². The van der Waals surface area contributed by atoms with E-state index in [1.807, 2.05) is 13.8 Å². The highest BCUT2D eigenvalue weighted by molar-refractivity contribution is 5.81. The van der Waals surface area contributed by atoms with Crippen LogP contribution in [0.25, 0.3) is 0 Å². The topological polar surface area (TPSA) is 46.3 Å². The fourth-order valence-corrected chi connectivity index (χ4v) is 1.61. The first kappa shape index (κ1) is 13.6. The molecular weight excluding hydrogens is 219 g/mol. The van der Waals surface area contributed by atoms with Gasteiger partial charge in [-0.1, -0.05) is 12.1 Å². The van der Waals surface area contributed by atoms with Crippen LogP contribution in [0.1, 0.15) is 26.3 Å². The molecule has 0 radical (unpaired) electrons. The van der Waals surface area contributed by atoms with Crippen molar-refractivity contribution in [3.8, 4) is 0 Å². The summed E-state index contributed by atoms with van der Waals surface area (Å²) < 4.78 is 13.1. The maximum absolute atomic E-state index is 13.1. The molecule has 0 aliphatic heterocycles. The molecule has 1 aromatic rings. The highest BCUT2D eigenvalue weighted by Crippen LogP contribution is 2.11. The zero-order valence-corrected chi connectivity index (χ0v) is 10.5. The van der Waals surface area contributed by atoms with Gasteiger partial charge in [0, 0.05) is 12.6 Å². The monoisotopic (exact) mass is 238 g/mol. The van der Waals surface area contributed by atoms with Gasteiger partial charge in [0.1, 0.15) is 5.82 Å². The molecule has 1 amide bonds. The summed E-state index contributed by atoms with van der Waals surface area (Å²) >= 11 is 0. The summed E-state index contributed by atoms with van der Waals surface area (Å²) in [5, 5.41) is 0. The van der Waals surface area contributed by atoms with Crippen molar-refractivity contribution in [1.82, 2.24) is 4.90 Å². The van der Waals surface area contributed by atoms with Crippen LogP contribution in [0.4, 0.5) is 4.39 Å². The molecule has 1 rings (SSSR count). The molecule has 0 saturated heterocycles. The quantitative estimate of drug-likeness (QED) is 0.871. The number of hydrogen-bond donors (Lipinski definition) is 1. The summed E-state index contributed by atoms with van der Waals surface area (Å²) in [4.78, 5) is 13.5. The summed E-state index contributed by atoms with van der Waals surface area (Å²) in [5.74, 6) is -0.413. The molecular formula is C13H19FN2O. The van der Waals surface area contributed by atoms with E-state index < -0.39 is 6.04 Å². The number of rotatable bonds is 4. The third kappa shape index (κ3) is 3.82. The smallest absolute Gasteiger partial charge is 0.239 e. The number of carbonyl (C=O) groups is 1. The minimum Gasteiger partial charge on any atom is -0.335 e. The second-order valence-corrected chi connectivity index (χ2v) is 4.48. The number of nitrogens with zero attached hydrogens (tertiary/aromatic N) is 1. The Bertz CT molecular complexity index is 391. The van der Waals surface area contributed by atoms with Gasteiger partial charge < -0.3 is 10.6 Å². The molecule has 0 fully saturated rings. The number of nitrogens with two attached hydrogens (primary N) is 1. The zero-order chi connectivity index (χ0) is 13.0. The van der Waals surface area contributed by atoms with Crippen LogP contribution in [0.15, 0.2) is 24.3 Å². The molecule has 0 aliphatic rings. The lowest BCUT2D eigenvalue weighted by Crippen LogP contribution is -2.45. The predicted molar refractivity (Wildman–Crippen MR) is 65.7 cm³/mol. The van der Waals surface area contributed by atoms with Crippen molar-refractivity contribution >= 4 is 5.91 Å². The molecule has 17 heavy (non-hydrogen) atoms.